The van der Waals surface area contributed by atoms with Crippen molar-refractivity contribution in [2.24, 2.45) is 0 Å². The van der Waals surface area contributed by atoms with Gasteiger partial charge in [0.25, 0.3) is 0 Å². The Bertz CT molecular complexity index is 1220. The Morgan fingerprint density at radius 3 is 2.63 bits per heavy atom. The number of amides is 1. The first-order chi connectivity index (χ1) is 17.2. The van der Waals surface area contributed by atoms with Crippen LogP contribution < -0.4 is 19.5 Å². The summed E-state index contributed by atoms with van der Waals surface area (Å²) < 4.78 is 20.0. The predicted octanol–water partition coefficient (Wildman–Crippen LogP) is 5.53. The number of carbonyl (C=O) groups is 1. The number of rotatable bonds is 8. The van der Waals surface area contributed by atoms with Crippen LogP contribution in [0.2, 0.25) is 0 Å². The molecule has 0 aromatic heterocycles. The highest BCUT2D eigenvalue weighted by atomic mass is 32.2. The molecule has 0 unspecified atom stereocenters. The largest absolute Gasteiger partial charge is 0.454 e. The number of hydrogen-bond donors (Lipinski definition) is 2. The van der Waals surface area contributed by atoms with Gasteiger partial charge in [0.2, 0.25) is 12.7 Å². The van der Waals surface area contributed by atoms with Gasteiger partial charge in [-0.05, 0) is 90.7 Å². The van der Waals surface area contributed by atoms with E-state index in [1.165, 1.54) is 0 Å². The van der Waals surface area contributed by atoms with Crippen molar-refractivity contribution in [3.05, 3.63) is 72.3 Å². The molecular formula is C28H28N2O4S. The molecule has 3 aromatic carbocycles. The Morgan fingerprint density at radius 2 is 1.83 bits per heavy atom. The number of hydrogen-bond acceptors (Lipinski definition) is 6. The van der Waals surface area contributed by atoms with E-state index in [1.807, 2.05) is 36.4 Å². The van der Waals surface area contributed by atoms with Gasteiger partial charge in [-0.3, -0.25) is 9.52 Å². The molecule has 0 radical (unpaired) electrons. The molecule has 6 rings (SSSR count). The molecule has 7 heteroatoms. The lowest BCUT2D eigenvalue weighted by Crippen LogP contribution is -2.27. The minimum absolute atomic E-state index is 0.0255. The Hall–Kier alpha value is -3.00. The molecule has 6 nitrogen and oxygen atoms in total. The van der Waals surface area contributed by atoms with Crippen molar-refractivity contribution in [3.63, 3.8) is 0 Å². The second-order valence-corrected chi connectivity index (χ2v) is 10.3. The van der Waals surface area contributed by atoms with Gasteiger partial charge in [0.15, 0.2) is 11.5 Å². The topological polar surface area (TPSA) is 68.8 Å². The molecule has 3 aliphatic rings. The van der Waals surface area contributed by atoms with Crippen LogP contribution in [0.15, 0.2) is 71.6 Å². The molecule has 2 aliphatic heterocycles. The maximum atomic E-state index is 13.3. The molecule has 1 amide bonds. The smallest absolute Gasteiger partial charge is 0.235 e. The number of ether oxygens (including phenoxy) is 3. The average Bonchev–Trinajstić information content (AvgIpc) is 3.29. The lowest BCUT2D eigenvalue weighted by molar-refractivity contribution is -0.118. The van der Waals surface area contributed by atoms with E-state index in [0.717, 1.165) is 71.9 Å². The molecule has 2 heterocycles. The molecule has 1 saturated carbocycles. The zero-order valence-corrected chi connectivity index (χ0v) is 20.2. The summed E-state index contributed by atoms with van der Waals surface area (Å²) in [5, 5.41) is 3.15. The molecule has 3 aromatic rings. The van der Waals surface area contributed by atoms with Gasteiger partial charge in [-0.1, -0.05) is 30.3 Å². The van der Waals surface area contributed by atoms with Crippen LogP contribution in [0.4, 0.5) is 5.69 Å². The third-order valence-corrected chi connectivity index (χ3v) is 7.76. The van der Waals surface area contributed by atoms with E-state index in [0.29, 0.717) is 11.9 Å². The monoisotopic (exact) mass is 488 g/mol. The number of anilines is 1. The van der Waals surface area contributed by atoms with Gasteiger partial charge in [-0.25, -0.2) is 0 Å². The standard InChI is InChI=1S/C28H28N2O4S/c31-27(28(12-13-28)21-8-11-25-26(16-21)34-18-33-25)30-22-4-1-3-20(15-22)19-6-9-24(10-7-19)35-29-17-23-5-2-14-32-23/h1,3-4,6-11,15-16,23,29H,2,5,12-14,17-18H2,(H,30,31)/t23-/m0/s1. The average molecular weight is 489 g/mol. The number of carbonyl (C=O) groups excluding carboxylic acids is 1. The van der Waals surface area contributed by atoms with Crippen LogP contribution in [0, 0.1) is 0 Å². The Kier molecular flexibility index (Phi) is 6.14. The SMILES string of the molecule is O=C(Nc1cccc(-c2ccc(SNC[C@@H]3CCCO3)cc2)c1)C1(c2ccc3c(c2)OCO3)CC1. The van der Waals surface area contributed by atoms with Crippen LogP contribution in [0.25, 0.3) is 11.1 Å². The van der Waals surface area contributed by atoms with E-state index in [2.05, 4.69) is 40.4 Å². The minimum Gasteiger partial charge on any atom is -0.454 e. The third kappa shape index (κ3) is 4.76. The summed E-state index contributed by atoms with van der Waals surface area (Å²) in [5.41, 5.74) is 3.47. The van der Waals surface area contributed by atoms with Crippen LogP contribution in [-0.2, 0) is 14.9 Å². The van der Waals surface area contributed by atoms with E-state index >= 15 is 0 Å². The van der Waals surface area contributed by atoms with Gasteiger partial charge < -0.3 is 19.5 Å². The van der Waals surface area contributed by atoms with Crippen LogP contribution in [0.1, 0.15) is 31.2 Å². The van der Waals surface area contributed by atoms with E-state index < -0.39 is 5.41 Å². The fraction of sp³-hybridized carbons (Fsp3) is 0.321. The van der Waals surface area contributed by atoms with E-state index in [-0.39, 0.29) is 12.7 Å². The van der Waals surface area contributed by atoms with Gasteiger partial charge >= 0.3 is 0 Å². The van der Waals surface area contributed by atoms with Gasteiger partial charge in [0.1, 0.15) is 0 Å². The summed E-state index contributed by atoms with van der Waals surface area (Å²) >= 11 is 1.63. The van der Waals surface area contributed by atoms with Crippen molar-refractivity contribution in [3.8, 4) is 22.6 Å². The Labute approximate surface area is 209 Å². The maximum Gasteiger partial charge on any atom is 0.235 e. The number of nitrogens with one attached hydrogen (secondary N) is 2. The highest BCUT2D eigenvalue weighted by Crippen LogP contribution is 2.51. The first-order valence-corrected chi connectivity index (χ1v) is 12.9. The summed E-state index contributed by atoms with van der Waals surface area (Å²) in [7, 11) is 0. The van der Waals surface area contributed by atoms with Gasteiger partial charge in [-0.15, -0.1) is 0 Å². The summed E-state index contributed by atoms with van der Waals surface area (Å²) in [6.45, 7) is 1.98. The fourth-order valence-corrected chi connectivity index (χ4v) is 5.44. The van der Waals surface area contributed by atoms with Gasteiger partial charge in [0, 0.05) is 23.7 Å². The molecule has 2 fully saturated rings. The maximum absolute atomic E-state index is 13.3. The van der Waals surface area contributed by atoms with Crippen LogP contribution in [0.3, 0.4) is 0 Å². The lowest BCUT2D eigenvalue weighted by Gasteiger charge is -2.17. The Balaban J connectivity index is 1.10. The van der Waals surface area contributed by atoms with Crippen molar-refractivity contribution in [1.29, 1.82) is 0 Å². The highest BCUT2D eigenvalue weighted by molar-refractivity contribution is 7.97. The molecule has 1 aliphatic carbocycles. The highest BCUT2D eigenvalue weighted by Gasteiger charge is 2.51. The van der Waals surface area contributed by atoms with E-state index in [9.17, 15) is 4.79 Å². The first-order valence-electron chi connectivity index (χ1n) is 12.1. The Morgan fingerprint density at radius 1 is 0.971 bits per heavy atom. The lowest BCUT2D eigenvalue weighted by atomic mass is 9.94. The summed E-state index contributed by atoms with van der Waals surface area (Å²) in [6.07, 6.45) is 4.29. The van der Waals surface area contributed by atoms with Crippen LogP contribution >= 0.6 is 11.9 Å². The molecule has 2 N–H and O–H groups in total. The second kappa shape index (κ2) is 9.57. The molecular weight excluding hydrogens is 460 g/mol. The van der Waals surface area contributed by atoms with Gasteiger partial charge in [-0.2, -0.15) is 0 Å². The van der Waals surface area contributed by atoms with Crippen molar-refractivity contribution >= 4 is 23.5 Å². The van der Waals surface area contributed by atoms with Crippen molar-refractivity contribution in [2.45, 2.75) is 42.1 Å². The molecule has 35 heavy (non-hydrogen) atoms. The molecule has 0 bridgehead atoms. The van der Waals surface area contributed by atoms with Crippen molar-refractivity contribution in [1.82, 2.24) is 4.72 Å². The molecule has 180 valence electrons. The predicted molar refractivity (Wildman–Crippen MR) is 137 cm³/mol. The molecule has 0 spiro atoms. The summed E-state index contributed by atoms with van der Waals surface area (Å²) in [5.74, 6) is 1.48. The summed E-state index contributed by atoms with van der Waals surface area (Å²) in [6, 6.07) is 22.3. The first kappa shape index (κ1) is 22.5. The van der Waals surface area contributed by atoms with E-state index in [4.69, 9.17) is 14.2 Å². The molecule has 1 atom stereocenters. The van der Waals surface area contributed by atoms with E-state index in [1.54, 1.807) is 11.9 Å². The minimum atomic E-state index is -0.494. The van der Waals surface area contributed by atoms with Crippen molar-refractivity contribution < 1.29 is 19.0 Å². The fourth-order valence-electron chi connectivity index (χ4n) is 4.73. The summed E-state index contributed by atoms with van der Waals surface area (Å²) in [4.78, 5) is 14.4. The zero-order chi connectivity index (χ0) is 23.7. The number of fused-ring (bicyclic) bond motifs is 1. The second-order valence-electron chi connectivity index (χ2n) is 9.30. The van der Waals surface area contributed by atoms with Crippen molar-refractivity contribution in [2.75, 3.05) is 25.3 Å². The molecule has 1 saturated heterocycles. The van der Waals surface area contributed by atoms with Gasteiger partial charge in [0.05, 0.1) is 11.5 Å². The zero-order valence-electron chi connectivity index (χ0n) is 19.4. The van der Waals surface area contributed by atoms with Crippen LogP contribution in [0.5, 0.6) is 11.5 Å². The number of benzene rings is 3. The normalized spacial score (nSPS) is 19.5. The third-order valence-electron chi connectivity index (χ3n) is 6.94. The quantitative estimate of drug-likeness (QED) is 0.407. The van der Waals surface area contributed by atoms with Crippen LogP contribution in [-0.4, -0.2) is 32.0 Å².